The first-order valence-electron chi connectivity index (χ1n) is 6.23. The quantitative estimate of drug-likeness (QED) is 0.864. The van der Waals surface area contributed by atoms with E-state index in [9.17, 15) is 9.59 Å². The summed E-state index contributed by atoms with van der Waals surface area (Å²) in [6, 6.07) is 9.18. The SMILES string of the molecule is Cc1cc(C)n(N=Cc2ccc(Br)cc2)c(=O)c1C(N)=O. The third-order valence-corrected chi connectivity index (χ3v) is 3.53. The van der Waals surface area contributed by atoms with Crippen LogP contribution < -0.4 is 11.3 Å². The van der Waals surface area contributed by atoms with Crippen molar-refractivity contribution in [1.29, 1.82) is 0 Å². The number of halogens is 1. The zero-order valence-electron chi connectivity index (χ0n) is 11.6. The van der Waals surface area contributed by atoms with E-state index in [1.165, 1.54) is 4.68 Å². The molecular weight excluding hydrogens is 334 g/mol. The minimum atomic E-state index is -0.745. The van der Waals surface area contributed by atoms with E-state index in [1.807, 2.05) is 24.3 Å². The third-order valence-electron chi connectivity index (χ3n) is 3.00. The smallest absolute Gasteiger partial charge is 0.284 e. The predicted molar refractivity (Wildman–Crippen MR) is 85.8 cm³/mol. The lowest BCUT2D eigenvalue weighted by Crippen LogP contribution is -2.30. The third kappa shape index (κ3) is 3.28. The van der Waals surface area contributed by atoms with Crippen LogP contribution in [0.4, 0.5) is 0 Å². The van der Waals surface area contributed by atoms with E-state index in [2.05, 4.69) is 21.0 Å². The van der Waals surface area contributed by atoms with Gasteiger partial charge in [-0.1, -0.05) is 28.1 Å². The molecule has 6 heteroatoms. The van der Waals surface area contributed by atoms with Gasteiger partial charge in [0.2, 0.25) is 0 Å². The van der Waals surface area contributed by atoms with Crippen molar-refractivity contribution in [3.8, 4) is 0 Å². The number of aromatic nitrogens is 1. The highest BCUT2D eigenvalue weighted by Crippen LogP contribution is 2.09. The molecule has 1 aromatic heterocycles. The maximum atomic E-state index is 12.3. The normalized spacial score (nSPS) is 11.0. The Balaban J connectivity index is 2.49. The Labute approximate surface area is 130 Å². The van der Waals surface area contributed by atoms with Gasteiger partial charge in [0.05, 0.1) is 6.21 Å². The minimum absolute atomic E-state index is 0.0337. The zero-order valence-corrected chi connectivity index (χ0v) is 13.2. The van der Waals surface area contributed by atoms with Crippen molar-refractivity contribution >= 4 is 28.1 Å². The Morgan fingerprint density at radius 2 is 1.90 bits per heavy atom. The summed E-state index contributed by atoms with van der Waals surface area (Å²) in [5, 5.41) is 4.15. The summed E-state index contributed by atoms with van der Waals surface area (Å²) in [6.07, 6.45) is 1.56. The van der Waals surface area contributed by atoms with Crippen LogP contribution in [0, 0.1) is 13.8 Å². The van der Waals surface area contributed by atoms with Crippen molar-refractivity contribution in [3.63, 3.8) is 0 Å². The number of aryl methyl sites for hydroxylation is 2. The molecule has 0 bridgehead atoms. The van der Waals surface area contributed by atoms with Gasteiger partial charge in [0.1, 0.15) is 5.56 Å². The van der Waals surface area contributed by atoms with Crippen LogP contribution in [0.15, 0.2) is 44.7 Å². The van der Waals surface area contributed by atoms with Gasteiger partial charge in [0.25, 0.3) is 11.5 Å². The molecule has 0 unspecified atom stereocenters. The van der Waals surface area contributed by atoms with Crippen LogP contribution in [-0.2, 0) is 0 Å². The first kappa shape index (κ1) is 15.2. The summed E-state index contributed by atoms with van der Waals surface area (Å²) in [5.74, 6) is -0.745. The molecule has 0 saturated heterocycles. The number of nitrogens with two attached hydrogens (primary N) is 1. The average molecular weight is 348 g/mol. The summed E-state index contributed by atoms with van der Waals surface area (Å²) in [5.41, 5.74) is 6.74. The molecule has 5 nitrogen and oxygen atoms in total. The van der Waals surface area contributed by atoms with E-state index in [4.69, 9.17) is 5.73 Å². The van der Waals surface area contributed by atoms with Crippen LogP contribution >= 0.6 is 15.9 Å². The monoisotopic (exact) mass is 347 g/mol. The summed E-state index contributed by atoms with van der Waals surface area (Å²) in [6.45, 7) is 3.43. The van der Waals surface area contributed by atoms with E-state index in [0.717, 1.165) is 10.0 Å². The standard InChI is InChI=1S/C15H14BrN3O2/c1-9-7-10(2)19(15(21)13(9)14(17)20)18-8-11-3-5-12(16)6-4-11/h3-8H,1-2H3,(H2,17,20). The molecule has 108 valence electrons. The van der Waals surface area contributed by atoms with E-state index in [1.54, 1.807) is 26.1 Å². The topological polar surface area (TPSA) is 77.4 Å². The summed E-state index contributed by atoms with van der Waals surface area (Å²) >= 11 is 3.35. The van der Waals surface area contributed by atoms with E-state index in [0.29, 0.717) is 11.3 Å². The largest absolute Gasteiger partial charge is 0.365 e. The molecule has 0 fully saturated rings. The Morgan fingerprint density at radius 3 is 2.48 bits per heavy atom. The molecule has 0 radical (unpaired) electrons. The molecule has 0 saturated carbocycles. The number of nitrogens with zero attached hydrogens (tertiary/aromatic N) is 2. The van der Waals surface area contributed by atoms with Crippen LogP contribution in [0.2, 0.25) is 0 Å². The summed E-state index contributed by atoms with van der Waals surface area (Å²) in [4.78, 5) is 23.6. The van der Waals surface area contributed by atoms with Gasteiger partial charge in [0.15, 0.2) is 0 Å². The maximum Gasteiger partial charge on any atom is 0.284 e. The van der Waals surface area contributed by atoms with Crippen molar-refractivity contribution in [2.75, 3.05) is 0 Å². The van der Waals surface area contributed by atoms with Gasteiger partial charge in [-0.3, -0.25) is 9.59 Å². The van der Waals surface area contributed by atoms with Gasteiger partial charge in [-0.15, -0.1) is 0 Å². The Bertz CT molecular complexity index is 777. The second-order valence-electron chi connectivity index (χ2n) is 4.62. The van der Waals surface area contributed by atoms with Crippen LogP contribution in [0.3, 0.4) is 0 Å². The maximum absolute atomic E-state index is 12.3. The summed E-state index contributed by atoms with van der Waals surface area (Å²) < 4.78 is 2.13. The minimum Gasteiger partial charge on any atom is -0.365 e. The molecule has 2 rings (SSSR count). The molecular formula is C15H14BrN3O2. The second kappa shape index (κ2) is 6.05. The van der Waals surface area contributed by atoms with Gasteiger partial charge in [0, 0.05) is 10.2 Å². The molecule has 21 heavy (non-hydrogen) atoms. The second-order valence-corrected chi connectivity index (χ2v) is 5.54. The molecule has 1 aromatic carbocycles. The number of carbonyl (C=O) groups is 1. The van der Waals surface area contributed by atoms with Crippen LogP contribution in [-0.4, -0.2) is 16.8 Å². The van der Waals surface area contributed by atoms with Crippen molar-refractivity contribution in [2.24, 2.45) is 10.8 Å². The highest BCUT2D eigenvalue weighted by Gasteiger charge is 2.14. The highest BCUT2D eigenvalue weighted by molar-refractivity contribution is 9.10. The number of pyridine rings is 1. The molecule has 0 aliphatic carbocycles. The number of hydrogen-bond acceptors (Lipinski definition) is 3. The molecule has 0 spiro atoms. The molecule has 2 aromatic rings. The van der Waals surface area contributed by atoms with E-state index >= 15 is 0 Å². The van der Waals surface area contributed by atoms with Crippen LogP contribution in [0.1, 0.15) is 27.2 Å². The van der Waals surface area contributed by atoms with E-state index in [-0.39, 0.29) is 5.56 Å². The highest BCUT2D eigenvalue weighted by atomic mass is 79.9. The fraction of sp³-hybridized carbons (Fsp3) is 0.133. The fourth-order valence-electron chi connectivity index (χ4n) is 2.00. The number of hydrogen-bond donors (Lipinski definition) is 1. The lowest BCUT2D eigenvalue weighted by atomic mass is 10.1. The number of carbonyl (C=O) groups excluding carboxylic acids is 1. The van der Waals surface area contributed by atoms with Gasteiger partial charge in [-0.05, 0) is 43.2 Å². The van der Waals surface area contributed by atoms with Crippen LogP contribution in [0.25, 0.3) is 0 Å². The van der Waals surface area contributed by atoms with Gasteiger partial charge in [-0.25, -0.2) is 4.68 Å². The lowest BCUT2D eigenvalue weighted by molar-refractivity contribution is 0.0997. The first-order valence-corrected chi connectivity index (χ1v) is 7.02. The Kier molecular flexibility index (Phi) is 4.37. The van der Waals surface area contributed by atoms with E-state index < -0.39 is 11.5 Å². The molecule has 1 amide bonds. The lowest BCUT2D eigenvalue weighted by Gasteiger charge is -2.08. The number of rotatable bonds is 3. The van der Waals surface area contributed by atoms with Crippen molar-refractivity contribution < 1.29 is 4.79 Å². The first-order chi connectivity index (χ1) is 9.90. The molecule has 0 atom stereocenters. The molecule has 0 aliphatic rings. The molecule has 1 heterocycles. The number of benzene rings is 1. The molecule has 0 aliphatic heterocycles. The molecule has 2 N–H and O–H groups in total. The average Bonchev–Trinajstić information content (AvgIpc) is 2.39. The van der Waals surface area contributed by atoms with Gasteiger partial charge >= 0.3 is 0 Å². The van der Waals surface area contributed by atoms with Crippen molar-refractivity contribution in [2.45, 2.75) is 13.8 Å². The Hall–Kier alpha value is -2.21. The number of primary amides is 1. The summed E-state index contributed by atoms with van der Waals surface area (Å²) in [7, 11) is 0. The van der Waals surface area contributed by atoms with Crippen molar-refractivity contribution in [1.82, 2.24) is 4.68 Å². The predicted octanol–water partition coefficient (Wildman–Crippen LogP) is 2.21. The Morgan fingerprint density at radius 1 is 1.29 bits per heavy atom. The fourth-order valence-corrected chi connectivity index (χ4v) is 2.26. The number of amides is 1. The van der Waals surface area contributed by atoms with Crippen molar-refractivity contribution in [3.05, 3.63) is 67.5 Å². The van der Waals surface area contributed by atoms with Gasteiger partial charge in [-0.2, -0.15) is 5.10 Å². The van der Waals surface area contributed by atoms with Gasteiger partial charge < -0.3 is 5.73 Å². The van der Waals surface area contributed by atoms with Crippen LogP contribution in [0.5, 0.6) is 0 Å². The zero-order chi connectivity index (χ0) is 15.6.